The fourth-order valence-corrected chi connectivity index (χ4v) is 6.37. The molecule has 1 unspecified atom stereocenters. The predicted octanol–water partition coefficient (Wildman–Crippen LogP) is 1.88. The zero-order chi connectivity index (χ0) is 18.8. The third kappa shape index (κ3) is 4.67. The molecule has 0 aromatic heterocycles. The molecule has 24 heavy (non-hydrogen) atoms. The summed E-state index contributed by atoms with van der Waals surface area (Å²) < 4.78 is 1.22. The molecule has 0 saturated carbocycles. The molecular weight excluding hydrogens is 661 g/mol. The van der Waals surface area contributed by atoms with Crippen LogP contribution in [0.1, 0.15) is 19.4 Å². The summed E-state index contributed by atoms with van der Waals surface area (Å²) in [5.74, 6) is -1.31. The van der Waals surface area contributed by atoms with Crippen LogP contribution in [0.5, 0.6) is 0 Å². The van der Waals surface area contributed by atoms with Crippen LogP contribution in [0.2, 0.25) is 0 Å². The molecule has 2 amide bonds. The smallest absolute Gasteiger partial charge is 0.247 e. The van der Waals surface area contributed by atoms with Gasteiger partial charge in [-0.3, -0.25) is 20.0 Å². The van der Waals surface area contributed by atoms with Crippen molar-refractivity contribution in [1.29, 1.82) is 0 Å². The van der Waals surface area contributed by atoms with Gasteiger partial charge in [0, 0.05) is 27.4 Å². The Morgan fingerprint density at radius 2 is 1.33 bits per heavy atom. The van der Waals surface area contributed by atoms with Crippen molar-refractivity contribution < 1.29 is 30.2 Å². The maximum absolute atomic E-state index is 11.6. The van der Waals surface area contributed by atoms with Crippen molar-refractivity contribution >= 4 is 91.0 Å². The highest BCUT2D eigenvalue weighted by molar-refractivity contribution is 14.1. The Balaban J connectivity index is 3.77. The summed E-state index contributed by atoms with van der Waals surface area (Å²) >= 11 is 5.63. The number of hydroxylamine groups is 2. The van der Waals surface area contributed by atoms with Gasteiger partial charge in [-0.15, -0.1) is 0 Å². The number of anilines is 2. The molecule has 8 nitrogen and oxygen atoms in total. The van der Waals surface area contributed by atoms with Gasteiger partial charge in [0.2, 0.25) is 11.8 Å². The van der Waals surface area contributed by atoms with E-state index in [4.69, 9.17) is 5.11 Å². The molecule has 0 heterocycles. The number of carbonyl (C=O) groups is 2. The van der Waals surface area contributed by atoms with Crippen molar-refractivity contribution in [2.75, 3.05) is 16.7 Å². The average Bonchev–Trinajstić information content (AvgIpc) is 2.50. The largest absolute Gasteiger partial charge is 0.394 e. The van der Waals surface area contributed by atoms with Gasteiger partial charge in [0.05, 0.1) is 16.3 Å². The lowest BCUT2D eigenvalue weighted by atomic mass is 10.1. The fourth-order valence-electron chi connectivity index (χ4n) is 1.85. The quantitative estimate of drug-likeness (QED) is 0.215. The monoisotopic (exact) mass is 676 g/mol. The van der Waals surface area contributed by atoms with E-state index in [1.165, 1.54) is 0 Å². The number of nitrogens with zero attached hydrogens (tertiary/aromatic N) is 2. The summed E-state index contributed by atoms with van der Waals surface area (Å²) in [6.45, 7) is 1.84. The molecule has 134 valence electrons. The van der Waals surface area contributed by atoms with Gasteiger partial charge in [-0.05, 0) is 73.3 Å². The van der Waals surface area contributed by atoms with Gasteiger partial charge in [0.25, 0.3) is 0 Å². The predicted molar refractivity (Wildman–Crippen MR) is 111 cm³/mol. The van der Waals surface area contributed by atoms with E-state index in [1.54, 1.807) is 0 Å². The summed E-state index contributed by atoms with van der Waals surface area (Å²) in [5.41, 5.74) is 0.683. The van der Waals surface area contributed by atoms with Crippen LogP contribution in [-0.4, -0.2) is 45.2 Å². The van der Waals surface area contributed by atoms with Crippen molar-refractivity contribution in [2.24, 2.45) is 0 Å². The number of hydrogen-bond acceptors (Lipinski definition) is 6. The summed E-state index contributed by atoms with van der Waals surface area (Å²) in [6, 6.07) is 0. The summed E-state index contributed by atoms with van der Waals surface area (Å²) in [5, 5.41) is 39.9. The maximum atomic E-state index is 11.6. The molecule has 0 spiro atoms. The molecule has 11 heteroatoms. The normalized spacial score (nSPS) is 12.0. The molecule has 4 N–H and O–H groups in total. The summed E-state index contributed by atoms with van der Waals surface area (Å²) in [6.07, 6.45) is -1.05. The molecule has 0 aliphatic rings. The Morgan fingerprint density at radius 1 is 0.958 bits per heavy atom. The van der Waals surface area contributed by atoms with E-state index in [0.717, 1.165) is 13.8 Å². The number of benzene rings is 1. The Hall–Kier alpha value is 0.190. The van der Waals surface area contributed by atoms with E-state index < -0.39 is 24.5 Å². The molecule has 0 aliphatic carbocycles. The topological polar surface area (TPSA) is 122 Å². The van der Waals surface area contributed by atoms with E-state index in [0.29, 0.717) is 26.4 Å². The van der Waals surface area contributed by atoms with Crippen LogP contribution in [0.15, 0.2) is 0 Å². The number of hydrogen-bond donors (Lipinski definition) is 4. The van der Waals surface area contributed by atoms with Crippen molar-refractivity contribution in [3.63, 3.8) is 0 Å². The van der Waals surface area contributed by atoms with Gasteiger partial charge in [-0.2, -0.15) is 10.1 Å². The van der Waals surface area contributed by atoms with Crippen LogP contribution in [0, 0.1) is 10.7 Å². The van der Waals surface area contributed by atoms with Gasteiger partial charge in [-0.25, -0.2) is 0 Å². The van der Waals surface area contributed by atoms with Crippen molar-refractivity contribution in [1.82, 2.24) is 0 Å². The molecule has 0 saturated heterocycles. The molecule has 0 radical (unpaired) electrons. The third-order valence-corrected chi connectivity index (χ3v) is 6.38. The number of aliphatic hydroxyl groups excluding tert-OH is 2. The van der Waals surface area contributed by atoms with Crippen LogP contribution in [0.3, 0.4) is 0 Å². The molecule has 1 rings (SSSR count). The first-order chi connectivity index (χ1) is 11.0. The molecule has 1 aromatic carbocycles. The second-order valence-corrected chi connectivity index (χ2v) is 8.06. The first kappa shape index (κ1) is 22.2. The van der Waals surface area contributed by atoms with Crippen molar-refractivity contribution in [3.05, 3.63) is 16.3 Å². The van der Waals surface area contributed by atoms with Crippen LogP contribution in [0.4, 0.5) is 11.4 Å². The Bertz CT molecular complexity index is 623. The van der Waals surface area contributed by atoms with Crippen LogP contribution in [-0.2, 0) is 16.0 Å². The Labute approximate surface area is 179 Å². The van der Waals surface area contributed by atoms with Gasteiger partial charge in [-0.1, -0.05) is 0 Å². The molecule has 0 aliphatic heterocycles. The third-order valence-electron chi connectivity index (χ3n) is 3.03. The van der Waals surface area contributed by atoms with Crippen LogP contribution < -0.4 is 10.1 Å². The Kier molecular flexibility index (Phi) is 8.54. The second-order valence-electron chi connectivity index (χ2n) is 4.82. The number of carbonyl (C=O) groups excluding carboxylic acids is 2. The van der Waals surface area contributed by atoms with E-state index in [-0.39, 0.29) is 17.8 Å². The lowest BCUT2D eigenvalue weighted by Crippen LogP contribution is -2.31. The lowest BCUT2D eigenvalue weighted by molar-refractivity contribution is -0.122. The first-order valence-corrected chi connectivity index (χ1v) is 9.75. The van der Waals surface area contributed by atoms with Gasteiger partial charge < -0.3 is 10.2 Å². The minimum Gasteiger partial charge on any atom is -0.394 e. The van der Waals surface area contributed by atoms with E-state index in [1.807, 2.05) is 67.8 Å². The maximum Gasteiger partial charge on any atom is 0.247 e. The summed E-state index contributed by atoms with van der Waals surface area (Å²) in [4.78, 5) is 23.1. The zero-order valence-corrected chi connectivity index (χ0v) is 19.1. The lowest BCUT2D eigenvalue weighted by Gasteiger charge is -2.26. The number of amides is 2. The van der Waals surface area contributed by atoms with E-state index in [9.17, 15) is 25.1 Å². The number of rotatable bonds is 5. The highest BCUT2D eigenvalue weighted by Crippen LogP contribution is 2.42. The van der Waals surface area contributed by atoms with Gasteiger partial charge >= 0.3 is 0 Å². The minimum atomic E-state index is -1.07. The minimum absolute atomic E-state index is 0.0153. The van der Waals surface area contributed by atoms with Gasteiger partial charge in [0.1, 0.15) is 11.4 Å². The SMILES string of the molecule is CC(=O)N(O)c1c(I)c(CC(O)CO)c(I)c(N(O)C(C)=O)c1I. The first-order valence-electron chi connectivity index (χ1n) is 6.51. The summed E-state index contributed by atoms with van der Waals surface area (Å²) in [7, 11) is 0. The van der Waals surface area contributed by atoms with Crippen molar-refractivity contribution in [3.8, 4) is 0 Å². The van der Waals surface area contributed by atoms with E-state index in [2.05, 4.69) is 0 Å². The highest BCUT2D eigenvalue weighted by Gasteiger charge is 2.29. The zero-order valence-electron chi connectivity index (χ0n) is 12.6. The van der Waals surface area contributed by atoms with Crippen LogP contribution >= 0.6 is 67.8 Å². The van der Waals surface area contributed by atoms with Crippen molar-refractivity contribution in [2.45, 2.75) is 26.4 Å². The molecule has 0 fully saturated rings. The number of halogens is 3. The van der Waals surface area contributed by atoms with Gasteiger partial charge in [0.15, 0.2) is 0 Å². The van der Waals surface area contributed by atoms with E-state index >= 15 is 0 Å². The molecule has 1 aromatic rings. The molecular formula is C13H15I3N2O6. The highest BCUT2D eigenvalue weighted by atomic mass is 127. The number of aliphatic hydroxyl groups is 2. The standard InChI is InChI=1S/C13H15I3N2O6/c1-5(20)17(23)12-9(14)8(3-7(22)4-19)10(15)13(11(12)16)18(24)6(2)21/h7,19,22-24H,3-4H2,1-2H3. The molecule has 1 atom stereocenters. The fraction of sp³-hybridized carbons (Fsp3) is 0.385. The van der Waals surface area contributed by atoms with Crippen LogP contribution in [0.25, 0.3) is 0 Å². The Morgan fingerprint density at radius 3 is 1.62 bits per heavy atom. The average molecular weight is 676 g/mol. The second kappa shape index (κ2) is 9.22. The molecule has 0 bridgehead atoms.